The minimum atomic E-state index is 0.0543. The Bertz CT molecular complexity index is 315. The fourth-order valence-corrected chi connectivity index (χ4v) is 2.11. The predicted octanol–water partition coefficient (Wildman–Crippen LogP) is 1.64. The first-order chi connectivity index (χ1) is 7.22. The first-order valence-corrected chi connectivity index (χ1v) is 5.61. The smallest absolute Gasteiger partial charge is 0.0951 e. The molecule has 1 heterocycles. The summed E-state index contributed by atoms with van der Waals surface area (Å²) in [6, 6.07) is 0.587. The van der Waals surface area contributed by atoms with Crippen LogP contribution in [-0.4, -0.2) is 22.3 Å². The van der Waals surface area contributed by atoms with Crippen molar-refractivity contribution in [2.75, 3.05) is 6.61 Å². The van der Waals surface area contributed by atoms with Gasteiger partial charge in [0.2, 0.25) is 0 Å². The summed E-state index contributed by atoms with van der Waals surface area (Å²) in [4.78, 5) is 4.16. The second kappa shape index (κ2) is 4.33. The van der Waals surface area contributed by atoms with Crippen LogP contribution in [0.4, 0.5) is 0 Å². The van der Waals surface area contributed by atoms with Crippen molar-refractivity contribution in [3.8, 4) is 0 Å². The van der Waals surface area contributed by atoms with E-state index in [9.17, 15) is 0 Å². The quantitative estimate of drug-likeness (QED) is 0.820. The highest BCUT2D eigenvalue weighted by molar-refractivity contribution is 5.07. The number of aromatic nitrogens is 2. The molecule has 1 aromatic heterocycles. The van der Waals surface area contributed by atoms with Gasteiger partial charge in [-0.05, 0) is 26.7 Å². The lowest BCUT2D eigenvalue weighted by atomic mass is 9.88. The molecule has 0 aliphatic heterocycles. The maximum atomic E-state index is 5.88. The fraction of sp³-hybridized carbons (Fsp3) is 0.727. The fourth-order valence-electron chi connectivity index (χ4n) is 2.11. The van der Waals surface area contributed by atoms with Crippen LogP contribution < -0.4 is 5.73 Å². The Hall–Kier alpha value is -0.870. The number of rotatable bonds is 4. The van der Waals surface area contributed by atoms with Gasteiger partial charge in [0.25, 0.3) is 0 Å². The summed E-state index contributed by atoms with van der Waals surface area (Å²) in [5.41, 5.74) is 7.00. The molecule has 4 nitrogen and oxygen atoms in total. The van der Waals surface area contributed by atoms with E-state index in [1.807, 2.05) is 26.4 Å². The number of imidazole rings is 1. The van der Waals surface area contributed by atoms with Gasteiger partial charge < -0.3 is 15.0 Å². The minimum Gasteiger partial charge on any atom is -0.378 e. The summed E-state index contributed by atoms with van der Waals surface area (Å²) < 4.78 is 7.74. The zero-order chi connectivity index (χ0) is 10.8. The largest absolute Gasteiger partial charge is 0.378 e. The summed E-state index contributed by atoms with van der Waals surface area (Å²) in [6.45, 7) is 4.84. The SMILES string of the molecule is CCOC1CC(n2cncc2[C@H](C)N)C1. The van der Waals surface area contributed by atoms with Crippen molar-refractivity contribution in [2.45, 2.75) is 44.9 Å². The summed E-state index contributed by atoms with van der Waals surface area (Å²) in [6.07, 6.45) is 6.35. The van der Waals surface area contributed by atoms with Gasteiger partial charge in [-0.1, -0.05) is 0 Å². The van der Waals surface area contributed by atoms with Gasteiger partial charge in [-0.3, -0.25) is 0 Å². The van der Waals surface area contributed by atoms with Crippen LogP contribution >= 0.6 is 0 Å². The highest BCUT2D eigenvalue weighted by Crippen LogP contribution is 2.35. The van der Waals surface area contributed by atoms with E-state index in [1.165, 1.54) is 0 Å². The molecular formula is C11H19N3O. The Morgan fingerprint density at radius 2 is 2.40 bits per heavy atom. The molecule has 0 spiro atoms. The van der Waals surface area contributed by atoms with Crippen molar-refractivity contribution in [1.82, 2.24) is 9.55 Å². The zero-order valence-electron chi connectivity index (χ0n) is 9.39. The van der Waals surface area contributed by atoms with Gasteiger partial charge in [0.05, 0.1) is 18.1 Å². The van der Waals surface area contributed by atoms with E-state index in [1.54, 1.807) is 0 Å². The molecule has 1 atom stereocenters. The van der Waals surface area contributed by atoms with E-state index in [2.05, 4.69) is 9.55 Å². The maximum absolute atomic E-state index is 5.88. The van der Waals surface area contributed by atoms with Gasteiger partial charge in [0.1, 0.15) is 0 Å². The maximum Gasteiger partial charge on any atom is 0.0951 e. The molecule has 1 aromatic rings. The molecule has 1 aliphatic carbocycles. The molecule has 0 unspecified atom stereocenters. The summed E-state index contributed by atoms with van der Waals surface area (Å²) in [5.74, 6) is 0. The van der Waals surface area contributed by atoms with Crippen LogP contribution in [0.25, 0.3) is 0 Å². The molecule has 1 saturated carbocycles. The molecule has 1 aliphatic rings. The van der Waals surface area contributed by atoms with Crippen molar-refractivity contribution in [3.05, 3.63) is 18.2 Å². The van der Waals surface area contributed by atoms with Crippen LogP contribution in [-0.2, 0) is 4.74 Å². The van der Waals surface area contributed by atoms with E-state index in [0.717, 1.165) is 25.1 Å². The predicted molar refractivity (Wildman–Crippen MR) is 58.5 cm³/mol. The van der Waals surface area contributed by atoms with Gasteiger partial charge >= 0.3 is 0 Å². The third-order valence-corrected chi connectivity index (χ3v) is 3.03. The molecule has 15 heavy (non-hydrogen) atoms. The Labute approximate surface area is 90.4 Å². The normalized spacial score (nSPS) is 27.4. The Balaban J connectivity index is 1.97. The lowest BCUT2D eigenvalue weighted by Gasteiger charge is -2.36. The van der Waals surface area contributed by atoms with Crippen LogP contribution in [0, 0.1) is 0 Å². The summed E-state index contributed by atoms with van der Waals surface area (Å²) >= 11 is 0. The standard InChI is InChI=1S/C11H19N3O/c1-3-15-10-4-9(5-10)14-7-13-6-11(14)8(2)12/h6-10H,3-5,12H2,1-2H3/t8-,9?,10?/m0/s1. The minimum absolute atomic E-state index is 0.0543. The zero-order valence-corrected chi connectivity index (χ0v) is 9.39. The first kappa shape index (κ1) is 10.6. The van der Waals surface area contributed by atoms with E-state index < -0.39 is 0 Å². The molecule has 2 rings (SSSR count). The second-order valence-electron chi connectivity index (χ2n) is 4.22. The highest BCUT2D eigenvalue weighted by Gasteiger charge is 2.32. The van der Waals surface area contributed by atoms with Gasteiger partial charge in [-0.25, -0.2) is 4.98 Å². The third kappa shape index (κ3) is 2.06. The number of nitrogens with two attached hydrogens (primary N) is 1. The van der Waals surface area contributed by atoms with Crippen molar-refractivity contribution in [2.24, 2.45) is 5.73 Å². The molecule has 0 amide bonds. The van der Waals surface area contributed by atoms with Crippen molar-refractivity contribution >= 4 is 0 Å². The lowest BCUT2D eigenvalue weighted by Crippen LogP contribution is -2.34. The van der Waals surface area contributed by atoms with Crippen LogP contribution in [0.5, 0.6) is 0 Å². The third-order valence-electron chi connectivity index (χ3n) is 3.03. The Morgan fingerprint density at radius 1 is 1.67 bits per heavy atom. The average Bonchev–Trinajstić information content (AvgIpc) is 2.58. The molecule has 2 N–H and O–H groups in total. The van der Waals surface area contributed by atoms with Gasteiger partial charge in [0.15, 0.2) is 0 Å². The van der Waals surface area contributed by atoms with Gasteiger partial charge in [0, 0.05) is 24.9 Å². The van der Waals surface area contributed by atoms with E-state index in [4.69, 9.17) is 10.5 Å². The molecule has 4 heteroatoms. The molecule has 1 fully saturated rings. The van der Waals surface area contributed by atoms with Crippen LogP contribution in [0.15, 0.2) is 12.5 Å². The van der Waals surface area contributed by atoms with Crippen molar-refractivity contribution in [1.29, 1.82) is 0 Å². The molecule has 0 aromatic carbocycles. The molecule has 0 radical (unpaired) electrons. The Morgan fingerprint density at radius 3 is 3.00 bits per heavy atom. The summed E-state index contributed by atoms with van der Waals surface area (Å²) in [5, 5.41) is 0. The molecule has 84 valence electrons. The number of ether oxygens (including phenoxy) is 1. The van der Waals surface area contributed by atoms with Crippen molar-refractivity contribution in [3.63, 3.8) is 0 Å². The van der Waals surface area contributed by atoms with E-state index >= 15 is 0 Å². The monoisotopic (exact) mass is 209 g/mol. The molecular weight excluding hydrogens is 190 g/mol. The number of hydrogen-bond donors (Lipinski definition) is 1. The number of hydrogen-bond acceptors (Lipinski definition) is 3. The van der Waals surface area contributed by atoms with Gasteiger partial charge in [-0.15, -0.1) is 0 Å². The molecule has 0 saturated heterocycles. The van der Waals surface area contributed by atoms with E-state index in [0.29, 0.717) is 12.1 Å². The summed E-state index contributed by atoms with van der Waals surface area (Å²) in [7, 11) is 0. The van der Waals surface area contributed by atoms with Crippen LogP contribution in [0.1, 0.15) is 44.5 Å². The van der Waals surface area contributed by atoms with Crippen molar-refractivity contribution < 1.29 is 4.74 Å². The van der Waals surface area contributed by atoms with E-state index in [-0.39, 0.29) is 6.04 Å². The highest BCUT2D eigenvalue weighted by atomic mass is 16.5. The lowest BCUT2D eigenvalue weighted by molar-refractivity contribution is -0.0204. The average molecular weight is 209 g/mol. The van der Waals surface area contributed by atoms with Crippen LogP contribution in [0.2, 0.25) is 0 Å². The second-order valence-corrected chi connectivity index (χ2v) is 4.22. The molecule has 0 bridgehead atoms. The number of nitrogens with zero attached hydrogens (tertiary/aromatic N) is 2. The topological polar surface area (TPSA) is 53.1 Å². The van der Waals surface area contributed by atoms with Crippen LogP contribution in [0.3, 0.4) is 0 Å². The van der Waals surface area contributed by atoms with Gasteiger partial charge in [-0.2, -0.15) is 0 Å². The Kier molecular flexibility index (Phi) is 3.07. The first-order valence-electron chi connectivity index (χ1n) is 5.61.